The van der Waals surface area contributed by atoms with Crippen LogP contribution in [0.5, 0.6) is 0 Å². The van der Waals surface area contributed by atoms with Crippen molar-refractivity contribution in [2.45, 2.75) is 216 Å². The number of aliphatic hydroxyl groups excluding tert-OH is 2. The fraction of sp³-hybridized carbons (Fsp3) is 0.433. The number of aliphatic hydroxyl groups is 2. The molecular formula is C90H122N18O17. The summed E-state index contributed by atoms with van der Waals surface area (Å²) in [5, 5.41) is 73.7. The Morgan fingerprint density at radius 1 is 0.336 bits per heavy atom. The molecule has 0 aliphatic carbocycles. The van der Waals surface area contributed by atoms with Gasteiger partial charge in [-0.05, 0) is 116 Å². The van der Waals surface area contributed by atoms with Gasteiger partial charge < -0.3 is 107 Å². The maximum atomic E-state index is 15.3. The number of nitrogens with two attached hydrogens (primary N) is 4. The summed E-state index contributed by atoms with van der Waals surface area (Å²) in [4.78, 5) is 200. The predicted molar refractivity (Wildman–Crippen MR) is 468 cm³/mol. The van der Waals surface area contributed by atoms with E-state index in [0.717, 1.165) is 5.56 Å². The number of aliphatic carboxylic acids is 1. The van der Waals surface area contributed by atoms with Gasteiger partial charge in [0, 0.05) is 45.1 Å². The molecule has 0 radical (unpaired) electrons. The molecule has 14 atom stereocenters. The fourth-order valence-electron chi connectivity index (χ4n) is 13.6. The lowest BCUT2D eigenvalue weighted by atomic mass is 9.99. The molecule has 0 spiro atoms. The van der Waals surface area contributed by atoms with Crippen LogP contribution in [0.3, 0.4) is 0 Å². The third-order valence-corrected chi connectivity index (χ3v) is 20.3. The van der Waals surface area contributed by atoms with Crippen LogP contribution in [-0.4, -0.2) is 208 Å². The van der Waals surface area contributed by atoms with E-state index in [-0.39, 0.29) is 95.6 Å². The van der Waals surface area contributed by atoms with Gasteiger partial charge in [0.05, 0.1) is 18.8 Å². The number of benzene rings is 6. The van der Waals surface area contributed by atoms with E-state index in [1.54, 1.807) is 179 Å². The Kier molecular flexibility index (Phi) is 42.9. The lowest BCUT2D eigenvalue weighted by molar-refractivity contribution is -0.143. The Bertz CT molecular complexity index is 4490. The molecule has 6 rings (SSSR count). The summed E-state index contributed by atoms with van der Waals surface area (Å²) in [5.41, 5.74) is 26.9. The molecule has 6 aromatic rings. The first-order chi connectivity index (χ1) is 59.7. The number of carboxylic acid groups (broad SMARTS) is 1. The van der Waals surface area contributed by atoms with Crippen molar-refractivity contribution < 1.29 is 82.4 Å². The van der Waals surface area contributed by atoms with Crippen LogP contribution < -0.4 is 92.1 Å². The molecular weight excluding hydrogens is 1610 g/mol. The van der Waals surface area contributed by atoms with Gasteiger partial charge in [0.2, 0.25) is 76.8 Å². The summed E-state index contributed by atoms with van der Waals surface area (Å²) in [6.07, 6.45) is -2.95. The van der Waals surface area contributed by atoms with Crippen LogP contribution in [0.4, 0.5) is 0 Å². The number of carbonyl (C=O) groups excluding carboxylic acids is 13. The van der Waals surface area contributed by atoms with Gasteiger partial charge in [-0.1, -0.05) is 210 Å². The second-order valence-electron chi connectivity index (χ2n) is 31.7. The summed E-state index contributed by atoms with van der Waals surface area (Å²) in [6, 6.07) is 32.5. The number of unbranched alkanes of at least 4 members (excludes halogenated alkanes) is 1. The average molecular weight is 1730 g/mol. The number of guanidine groups is 1. The standard InChI is InChI=1S/C90H122N18O17/c1-54(2)45-67(86(121)108-76(56(5)110)88(123)99-64(39-24-25-43-91)79(114)106-73(89(124)125)46-55(3)4)101-78(113)65(40-26-44-96-90(94)95)97-80(115)66(41-42-75(93)111)98-87(122)74(53-109)107-85(120)72(52-62-37-22-11-23-38-62)105-84(119)71(51-61-35-20-10-21-36-61)104-83(118)70(50-60-33-18-9-19-34-60)103-82(117)69(49-59-31-16-8-17-32-59)102-81(116)68(48-58-29-14-7-15-30-58)100-77(112)63(92)47-57-27-12-6-13-28-57/h6-23,27-38,54-56,63-74,76,109-110H,24-26,39-53,91-92H2,1-5H3,(H2,93,111)(H,97,115)(H,98,122)(H,99,123)(H,100,112)(H,101,113)(H,102,116)(H,103,117)(H,104,118)(H,105,119)(H,106,114)(H,107,120)(H,108,121)(H,124,125)(H4,94,95,96)/t56-,63+,64+,65+,66+,67+,68+,69+,70+,71+,72+,73+,74+,76+/m1/s1. The Morgan fingerprint density at radius 2 is 0.608 bits per heavy atom. The van der Waals surface area contributed by atoms with Crippen molar-refractivity contribution in [1.82, 2.24) is 69.1 Å². The predicted octanol–water partition coefficient (Wildman–Crippen LogP) is -0.205. The molecule has 674 valence electrons. The SMILES string of the molecule is CC(C)C[C@H](NC(=O)[C@H](CCCCN)NC(=O)[C@@H](NC(=O)[C@H](CC(C)C)NC(=O)[C@H](CCCNC(=N)N)NC(=O)[C@H](CCC(N)=O)NC(=O)[C@H](CO)NC(=O)[C@H](Cc1ccccc1)NC(=O)[C@H](Cc1ccccc1)NC(=O)[C@H](Cc1ccccc1)NC(=O)[C@H](Cc1ccccc1)NC(=O)[C@H](Cc1ccccc1)NC(=O)[C@@H](N)Cc1ccccc1)[C@@H](C)O)C(=O)O. The summed E-state index contributed by atoms with van der Waals surface area (Å²) in [6.45, 7) is 7.15. The normalized spacial score (nSPS) is 14.5. The lowest BCUT2D eigenvalue weighted by Crippen LogP contribution is -2.62. The van der Waals surface area contributed by atoms with Crippen molar-refractivity contribution in [2.75, 3.05) is 19.7 Å². The van der Waals surface area contributed by atoms with Crippen LogP contribution >= 0.6 is 0 Å². The Labute approximate surface area is 727 Å². The van der Waals surface area contributed by atoms with Gasteiger partial charge in [0.1, 0.15) is 72.5 Å². The van der Waals surface area contributed by atoms with Crippen molar-refractivity contribution in [2.24, 2.45) is 34.8 Å². The number of primary amides is 1. The van der Waals surface area contributed by atoms with E-state index in [1.165, 1.54) is 6.92 Å². The molecule has 6 aromatic carbocycles. The van der Waals surface area contributed by atoms with Gasteiger partial charge >= 0.3 is 5.97 Å². The topological polar surface area (TPSA) is 584 Å². The number of nitrogens with one attached hydrogen (secondary N) is 14. The summed E-state index contributed by atoms with van der Waals surface area (Å²) in [7, 11) is 0. The molecule has 35 heteroatoms. The molecule has 0 unspecified atom stereocenters. The summed E-state index contributed by atoms with van der Waals surface area (Å²) >= 11 is 0. The monoisotopic (exact) mass is 1730 g/mol. The van der Waals surface area contributed by atoms with Crippen LogP contribution in [0.1, 0.15) is 126 Å². The largest absolute Gasteiger partial charge is 0.480 e. The highest BCUT2D eigenvalue weighted by atomic mass is 16.4. The van der Waals surface area contributed by atoms with Gasteiger partial charge in [0.25, 0.3) is 0 Å². The molecule has 35 nitrogen and oxygen atoms in total. The molecule has 0 aromatic heterocycles. The molecule has 0 fully saturated rings. The number of carbonyl (C=O) groups is 14. The third-order valence-electron chi connectivity index (χ3n) is 20.3. The van der Waals surface area contributed by atoms with Crippen molar-refractivity contribution in [3.05, 3.63) is 215 Å². The Hall–Kier alpha value is -13.0. The van der Waals surface area contributed by atoms with E-state index < -0.39 is 193 Å². The summed E-state index contributed by atoms with van der Waals surface area (Å²) in [5.74, 6) is -14.6. The number of hydrogen-bond donors (Lipinski definition) is 21. The Morgan fingerprint density at radius 3 is 0.928 bits per heavy atom. The van der Waals surface area contributed by atoms with Gasteiger partial charge in [0.15, 0.2) is 5.96 Å². The quantitative estimate of drug-likeness (QED) is 0.0133. The molecule has 0 saturated heterocycles. The maximum absolute atomic E-state index is 15.3. The van der Waals surface area contributed by atoms with Gasteiger partial charge in [-0.25, -0.2) is 4.79 Å². The van der Waals surface area contributed by atoms with Crippen molar-refractivity contribution in [1.29, 1.82) is 5.41 Å². The van der Waals surface area contributed by atoms with E-state index >= 15 is 14.4 Å². The van der Waals surface area contributed by atoms with Crippen LogP contribution in [0.2, 0.25) is 0 Å². The average Bonchev–Trinajstić information content (AvgIpc) is 0.847. The molecule has 0 saturated carbocycles. The first kappa shape index (κ1) is 101. The van der Waals surface area contributed by atoms with E-state index in [9.17, 15) is 68.1 Å². The minimum absolute atomic E-state index is 0.00530. The molecule has 0 bridgehead atoms. The second-order valence-corrected chi connectivity index (χ2v) is 31.7. The van der Waals surface area contributed by atoms with Crippen molar-refractivity contribution >= 4 is 88.7 Å². The zero-order valence-electron chi connectivity index (χ0n) is 71.2. The molecule has 13 amide bonds. The smallest absolute Gasteiger partial charge is 0.326 e. The highest BCUT2D eigenvalue weighted by molar-refractivity contribution is 6.00. The van der Waals surface area contributed by atoms with Crippen molar-refractivity contribution in [3.8, 4) is 0 Å². The molecule has 0 aliphatic heterocycles. The highest BCUT2D eigenvalue weighted by Crippen LogP contribution is 2.17. The third kappa shape index (κ3) is 36.5. The Balaban J connectivity index is 1.26. The molecule has 125 heavy (non-hydrogen) atoms. The van der Waals surface area contributed by atoms with E-state index in [0.29, 0.717) is 40.7 Å². The van der Waals surface area contributed by atoms with Gasteiger partial charge in [-0.2, -0.15) is 0 Å². The number of hydrogen-bond acceptors (Lipinski definition) is 19. The lowest BCUT2D eigenvalue weighted by Gasteiger charge is -2.29. The zero-order valence-corrected chi connectivity index (χ0v) is 71.2. The highest BCUT2D eigenvalue weighted by Gasteiger charge is 2.39. The van der Waals surface area contributed by atoms with Crippen LogP contribution in [0.25, 0.3) is 0 Å². The first-order valence-corrected chi connectivity index (χ1v) is 41.9. The minimum atomic E-state index is -1.94. The van der Waals surface area contributed by atoms with Gasteiger partial charge in [-0.3, -0.25) is 67.7 Å². The molecule has 0 aliphatic rings. The number of amides is 13. The maximum Gasteiger partial charge on any atom is 0.326 e. The van der Waals surface area contributed by atoms with E-state index in [1.807, 2.05) is 30.3 Å². The molecule has 25 N–H and O–H groups in total. The number of carboxylic acids is 1. The van der Waals surface area contributed by atoms with E-state index in [2.05, 4.69) is 69.1 Å². The van der Waals surface area contributed by atoms with E-state index in [4.69, 9.17) is 28.3 Å². The van der Waals surface area contributed by atoms with Crippen LogP contribution in [0.15, 0.2) is 182 Å². The zero-order chi connectivity index (χ0) is 91.5. The van der Waals surface area contributed by atoms with Gasteiger partial charge in [-0.15, -0.1) is 0 Å². The van der Waals surface area contributed by atoms with Crippen LogP contribution in [0, 0.1) is 17.2 Å². The minimum Gasteiger partial charge on any atom is -0.480 e. The fourth-order valence-corrected chi connectivity index (χ4v) is 13.6. The summed E-state index contributed by atoms with van der Waals surface area (Å²) < 4.78 is 0. The first-order valence-electron chi connectivity index (χ1n) is 41.9. The van der Waals surface area contributed by atoms with Crippen LogP contribution in [-0.2, 0) is 106 Å². The second kappa shape index (κ2) is 53.1. The molecule has 0 heterocycles. The number of rotatable bonds is 54. The van der Waals surface area contributed by atoms with Crippen molar-refractivity contribution in [3.63, 3.8) is 0 Å².